The Morgan fingerprint density at radius 1 is 1.24 bits per heavy atom. The van der Waals surface area contributed by atoms with Gasteiger partial charge in [0.05, 0.1) is 0 Å². The molecule has 21 heavy (non-hydrogen) atoms. The highest BCUT2D eigenvalue weighted by Gasteiger charge is 2.16. The predicted molar refractivity (Wildman–Crippen MR) is 82.6 cm³/mol. The van der Waals surface area contributed by atoms with E-state index in [-0.39, 0.29) is 5.41 Å². The van der Waals surface area contributed by atoms with E-state index in [2.05, 4.69) is 36.1 Å². The van der Waals surface area contributed by atoms with Crippen LogP contribution in [0.5, 0.6) is 0 Å². The summed E-state index contributed by atoms with van der Waals surface area (Å²) in [7, 11) is 0. The molecule has 0 aliphatic rings. The minimum atomic E-state index is -0.877. The Labute approximate surface area is 128 Å². The second kappa shape index (κ2) is 6.32. The van der Waals surface area contributed by atoms with E-state index in [1.165, 1.54) is 11.3 Å². The number of aromatic nitrogens is 2. The van der Waals surface area contributed by atoms with Crippen molar-refractivity contribution in [2.24, 2.45) is 0 Å². The van der Waals surface area contributed by atoms with Crippen LogP contribution in [0.3, 0.4) is 0 Å². The average molecular weight is 305 g/mol. The van der Waals surface area contributed by atoms with Crippen molar-refractivity contribution in [1.82, 2.24) is 15.3 Å². The highest BCUT2D eigenvalue weighted by atomic mass is 32.1. The highest BCUT2D eigenvalue weighted by molar-refractivity contribution is 7.12. The van der Waals surface area contributed by atoms with Gasteiger partial charge in [0.1, 0.15) is 10.7 Å². The normalized spacial score (nSPS) is 11.6. The van der Waals surface area contributed by atoms with Crippen LogP contribution in [0.2, 0.25) is 0 Å². The first-order valence-electron chi connectivity index (χ1n) is 6.69. The number of thiophene rings is 1. The summed E-state index contributed by atoms with van der Waals surface area (Å²) in [4.78, 5) is 19.9. The van der Waals surface area contributed by atoms with Crippen LogP contribution in [0.4, 0.5) is 0 Å². The molecule has 0 fully saturated rings. The topological polar surface area (TPSA) is 75.1 Å². The summed E-state index contributed by atoms with van der Waals surface area (Å²) in [5.41, 5.74) is 1.94. The Morgan fingerprint density at radius 2 is 1.86 bits per heavy atom. The van der Waals surface area contributed by atoms with Crippen molar-refractivity contribution < 1.29 is 9.90 Å². The van der Waals surface area contributed by atoms with Crippen LogP contribution in [-0.2, 0) is 18.5 Å². The first-order chi connectivity index (χ1) is 9.86. The molecule has 2 aromatic heterocycles. The maximum absolute atomic E-state index is 10.8. The van der Waals surface area contributed by atoms with E-state index in [0.29, 0.717) is 18.0 Å². The van der Waals surface area contributed by atoms with E-state index in [0.717, 1.165) is 17.0 Å². The minimum absolute atomic E-state index is 0.0458. The molecule has 2 N–H and O–H groups in total. The fraction of sp³-hybridized carbons (Fsp3) is 0.400. The van der Waals surface area contributed by atoms with Gasteiger partial charge in [-0.25, -0.2) is 14.8 Å². The number of aromatic carboxylic acids is 1. The van der Waals surface area contributed by atoms with Crippen molar-refractivity contribution >= 4 is 17.3 Å². The number of hydrogen-bond donors (Lipinski definition) is 2. The smallest absolute Gasteiger partial charge is 0.345 e. The van der Waals surface area contributed by atoms with E-state index >= 15 is 0 Å². The van der Waals surface area contributed by atoms with Gasteiger partial charge in [0.25, 0.3) is 0 Å². The molecule has 6 heteroatoms. The summed E-state index contributed by atoms with van der Waals surface area (Å²) in [6.45, 7) is 7.53. The number of hydrogen-bond acceptors (Lipinski definition) is 5. The standard InChI is InChI=1S/C15H19N3O2S/c1-15(2,3)14-17-7-11(8-18-14)6-16-5-10-4-12(13(19)20)21-9-10/h4,7-9,16H,5-6H2,1-3H3,(H,19,20). The van der Waals surface area contributed by atoms with Gasteiger partial charge in [-0.15, -0.1) is 11.3 Å². The Balaban J connectivity index is 1.87. The van der Waals surface area contributed by atoms with Crippen molar-refractivity contribution in [1.29, 1.82) is 0 Å². The van der Waals surface area contributed by atoms with Crippen molar-refractivity contribution in [3.05, 3.63) is 45.7 Å². The Bertz CT molecular complexity index is 615. The van der Waals surface area contributed by atoms with Crippen molar-refractivity contribution in [2.75, 3.05) is 0 Å². The van der Waals surface area contributed by atoms with E-state index < -0.39 is 5.97 Å². The largest absolute Gasteiger partial charge is 0.477 e. The van der Waals surface area contributed by atoms with Crippen LogP contribution in [-0.4, -0.2) is 21.0 Å². The molecule has 0 unspecified atom stereocenters. The van der Waals surface area contributed by atoms with E-state index in [9.17, 15) is 4.79 Å². The number of carbonyl (C=O) groups is 1. The van der Waals surface area contributed by atoms with E-state index in [1.807, 2.05) is 17.8 Å². The first-order valence-corrected chi connectivity index (χ1v) is 7.57. The maximum atomic E-state index is 10.8. The van der Waals surface area contributed by atoms with Gasteiger partial charge in [0.15, 0.2) is 0 Å². The summed E-state index contributed by atoms with van der Waals surface area (Å²) in [6.07, 6.45) is 3.66. The predicted octanol–water partition coefficient (Wildman–Crippen LogP) is 2.82. The van der Waals surface area contributed by atoms with Gasteiger partial charge in [0.2, 0.25) is 0 Å². The molecule has 0 amide bonds. The molecular formula is C15H19N3O2S. The second-order valence-corrected chi connectivity index (χ2v) is 6.80. The monoisotopic (exact) mass is 305 g/mol. The molecule has 2 heterocycles. The van der Waals surface area contributed by atoms with Gasteiger partial charge >= 0.3 is 5.97 Å². The highest BCUT2D eigenvalue weighted by Crippen LogP contribution is 2.17. The second-order valence-electron chi connectivity index (χ2n) is 5.89. The van der Waals surface area contributed by atoms with Gasteiger partial charge in [-0.3, -0.25) is 0 Å². The fourth-order valence-electron chi connectivity index (χ4n) is 1.76. The van der Waals surface area contributed by atoms with Crippen LogP contribution >= 0.6 is 11.3 Å². The Kier molecular flexibility index (Phi) is 4.69. The Morgan fingerprint density at radius 3 is 2.38 bits per heavy atom. The third kappa shape index (κ3) is 4.34. The summed E-state index contributed by atoms with van der Waals surface area (Å²) >= 11 is 1.24. The first kappa shape index (κ1) is 15.6. The molecule has 112 valence electrons. The molecule has 2 aromatic rings. The molecule has 0 atom stereocenters. The maximum Gasteiger partial charge on any atom is 0.345 e. The molecule has 0 spiro atoms. The summed E-state index contributed by atoms with van der Waals surface area (Å²) in [5.74, 6) is -0.0485. The lowest BCUT2D eigenvalue weighted by atomic mass is 9.96. The van der Waals surface area contributed by atoms with E-state index in [4.69, 9.17) is 5.11 Å². The zero-order chi connectivity index (χ0) is 15.5. The number of nitrogens with zero attached hydrogens (tertiary/aromatic N) is 2. The lowest BCUT2D eigenvalue weighted by molar-refractivity contribution is 0.0702. The van der Waals surface area contributed by atoms with E-state index in [1.54, 1.807) is 6.07 Å². The number of nitrogens with one attached hydrogen (secondary N) is 1. The molecule has 0 saturated heterocycles. The molecule has 0 saturated carbocycles. The van der Waals surface area contributed by atoms with Crippen LogP contribution in [0.1, 0.15) is 47.4 Å². The SMILES string of the molecule is CC(C)(C)c1ncc(CNCc2csc(C(=O)O)c2)cn1. The molecule has 5 nitrogen and oxygen atoms in total. The quantitative estimate of drug-likeness (QED) is 0.888. The zero-order valence-corrected chi connectivity index (χ0v) is 13.2. The molecule has 0 radical (unpaired) electrons. The number of rotatable bonds is 5. The Hall–Kier alpha value is -1.79. The van der Waals surface area contributed by atoms with Gasteiger partial charge < -0.3 is 10.4 Å². The number of carboxylic acids is 1. The van der Waals surface area contributed by atoms with Gasteiger partial charge in [0, 0.05) is 36.5 Å². The minimum Gasteiger partial charge on any atom is -0.477 e. The molecule has 0 aliphatic carbocycles. The van der Waals surface area contributed by atoms with Crippen molar-refractivity contribution in [3.63, 3.8) is 0 Å². The van der Waals surface area contributed by atoms with Crippen molar-refractivity contribution in [3.8, 4) is 0 Å². The van der Waals surface area contributed by atoms with Crippen LogP contribution in [0.25, 0.3) is 0 Å². The fourth-order valence-corrected chi connectivity index (χ4v) is 2.51. The van der Waals surface area contributed by atoms with Gasteiger partial charge in [-0.2, -0.15) is 0 Å². The van der Waals surface area contributed by atoms with Crippen LogP contribution < -0.4 is 5.32 Å². The molecule has 2 rings (SSSR count). The summed E-state index contributed by atoms with van der Waals surface area (Å²) in [5, 5.41) is 14.0. The van der Waals surface area contributed by atoms with Crippen LogP contribution in [0, 0.1) is 0 Å². The average Bonchev–Trinajstić information content (AvgIpc) is 2.87. The third-order valence-electron chi connectivity index (χ3n) is 2.90. The van der Waals surface area contributed by atoms with Crippen molar-refractivity contribution in [2.45, 2.75) is 39.3 Å². The van der Waals surface area contributed by atoms with Gasteiger partial charge in [-0.05, 0) is 17.0 Å². The number of carboxylic acid groups (broad SMARTS) is 1. The lowest BCUT2D eigenvalue weighted by Gasteiger charge is -2.16. The third-order valence-corrected chi connectivity index (χ3v) is 3.87. The molecular weight excluding hydrogens is 286 g/mol. The summed E-state index contributed by atoms with van der Waals surface area (Å²) in [6, 6.07) is 1.69. The molecule has 0 bridgehead atoms. The zero-order valence-electron chi connectivity index (χ0n) is 12.4. The summed E-state index contributed by atoms with van der Waals surface area (Å²) < 4.78 is 0. The lowest BCUT2D eigenvalue weighted by Crippen LogP contribution is -2.17. The molecule has 0 aliphatic heterocycles. The van der Waals surface area contributed by atoms with Crippen LogP contribution in [0.15, 0.2) is 23.8 Å². The van der Waals surface area contributed by atoms with Gasteiger partial charge in [-0.1, -0.05) is 20.8 Å². The molecule has 0 aromatic carbocycles.